The predicted molar refractivity (Wildman–Crippen MR) is 271 cm³/mol. The molecule has 68 heavy (non-hydrogen) atoms. The smallest absolute Gasteiger partial charge is 0.164 e. The molecule has 14 rings (SSSR count). The van der Waals surface area contributed by atoms with E-state index < -0.39 is 0 Å². The van der Waals surface area contributed by atoms with E-state index in [1.165, 1.54) is 38.9 Å². The molecule has 0 N–H and O–H groups in total. The van der Waals surface area contributed by atoms with Crippen molar-refractivity contribution in [3.05, 3.63) is 264 Å². The zero-order valence-electron chi connectivity index (χ0n) is 36.8. The van der Waals surface area contributed by atoms with Crippen LogP contribution in [0, 0.1) is 0 Å². The Kier molecular flexibility index (Phi) is 9.53. The van der Waals surface area contributed by atoms with Crippen LogP contribution in [0.15, 0.2) is 231 Å². The maximum Gasteiger partial charge on any atom is 0.164 e. The third-order valence-corrected chi connectivity index (χ3v) is 13.4. The van der Waals surface area contributed by atoms with Crippen LogP contribution in [0.5, 0.6) is 0 Å². The summed E-state index contributed by atoms with van der Waals surface area (Å²) >= 11 is 0. The zero-order valence-corrected chi connectivity index (χ0v) is 36.8. The molecule has 8 aromatic carbocycles. The second-order valence-electron chi connectivity index (χ2n) is 17.4. The summed E-state index contributed by atoms with van der Waals surface area (Å²) in [5.41, 5.74) is 20.0. The van der Waals surface area contributed by atoms with Gasteiger partial charge in [-0.1, -0.05) is 188 Å². The van der Waals surface area contributed by atoms with Crippen LogP contribution in [0.2, 0.25) is 0 Å². The molecule has 318 valence electrons. The molecule has 6 nitrogen and oxygen atoms in total. The third-order valence-electron chi connectivity index (χ3n) is 13.4. The first-order valence-corrected chi connectivity index (χ1v) is 23.0. The monoisotopic (exact) mass is 868 g/mol. The molecule has 0 fully saturated rings. The first kappa shape index (κ1) is 39.4. The van der Waals surface area contributed by atoms with Gasteiger partial charge in [0.25, 0.3) is 0 Å². The molecular formula is C62H40N6. The molecule has 3 aromatic heterocycles. The van der Waals surface area contributed by atoms with Gasteiger partial charge in [-0.2, -0.15) is 0 Å². The minimum Gasteiger partial charge on any atom is -0.256 e. The molecule has 6 heteroatoms. The number of nitrogens with zero attached hydrogens (tertiary/aromatic N) is 6. The van der Waals surface area contributed by atoms with E-state index >= 15 is 0 Å². The van der Waals surface area contributed by atoms with Gasteiger partial charge in [-0.15, -0.1) is 0 Å². The van der Waals surface area contributed by atoms with Crippen molar-refractivity contribution in [2.24, 2.45) is 0 Å². The number of hydrogen-bond donors (Lipinski definition) is 0. The van der Waals surface area contributed by atoms with Gasteiger partial charge < -0.3 is 0 Å². The highest BCUT2D eigenvalue weighted by molar-refractivity contribution is 5.79. The average molecular weight is 869 g/mol. The Balaban J connectivity index is 0.880. The standard InChI is InChI=1S/C62H40N6/c1-4-15-41(16-5-1)59-64-55(40-28-26-39(27-29-40)54-25-12-13-34-63-54)38-56(65-59)46-22-14-21-44(35-46)45-30-32-50-52(36-45)57-48-23-10-11-24-49(48)58(50)53-37-47(31-33-51(53)57)62-67-60(42-17-6-2-7-18-42)66-61(68-62)43-19-8-3-9-20-43/h1-38,57-58H. The number of aromatic nitrogens is 6. The summed E-state index contributed by atoms with van der Waals surface area (Å²) in [7, 11) is 0. The van der Waals surface area contributed by atoms with Crippen molar-refractivity contribution >= 4 is 0 Å². The number of benzene rings is 8. The highest BCUT2D eigenvalue weighted by Crippen LogP contribution is 2.56. The normalized spacial score (nSPS) is 14.2. The van der Waals surface area contributed by atoms with Crippen molar-refractivity contribution < 1.29 is 0 Å². The lowest BCUT2D eigenvalue weighted by Gasteiger charge is -2.42. The first-order chi connectivity index (χ1) is 33.7. The summed E-state index contributed by atoms with van der Waals surface area (Å²) in [6.45, 7) is 0. The van der Waals surface area contributed by atoms with Gasteiger partial charge in [-0.05, 0) is 80.9 Å². The van der Waals surface area contributed by atoms with Crippen molar-refractivity contribution in [3.8, 4) is 90.5 Å². The Labute approximate surface area is 394 Å². The second kappa shape index (κ2) is 16.5. The van der Waals surface area contributed by atoms with Gasteiger partial charge in [0.05, 0.1) is 17.1 Å². The van der Waals surface area contributed by atoms with Crippen LogP contribution in [0.25, 0.3) is 90.5 Å². The fourth-order valence-electron chi connectivity index (χ4n) is 10.1. The summed E-state index contributed by atoms with van der Waals surface area (Å²) < 4.78 is 0. The molecule has 2 unspecified atom stereocenters. The molecule has 0 aliphatic heterocycles. The quantitative estimate of drug-likeness (QED) is 0.151. The van der Waals surface area contributed by atoms with Gasteiger partial charge in [0.15, 0.2) is 23.3 Å². The lowest BCUT2D eigenvalue weighted by molar-refractivity contribution is 0.755. The molecule has 0 amide bonds. The third kappa shape index (κ3) is 6.98. The van der Waals surface area contributed by atoms with Crippen molar-refractivity contribution in [2.45, 2.75) is 11.8 Å². The SMILES string of the molecule is c1ccc(-c2nc(-c3ccc(-c4ccccn4)cc3)cc(-c3cccc(-c4ccc5c(c4)C4c6ccccc6C5c5cc(-c6nc(-c7ccccc7)nc(-c7ccccc7)n6)ccc54)c3)n2)cc1. The highest BCUT2D eigenvalue weighted by Gasteiger charge is 2.41. The van der Waals surface area contributed by atoms with Crippen molar-refractivity contribution in [1.29, 1.82) is 0 Å². The summed E-state index contributed by atoms with van der Waals surface area (Å²) in [6, 6.07) is 78.7. The van der Waals surface area contributed by atoms with E-state index in [9.17, 15) is 0 Å². The minimum atomic E-state index is 0.0689. The van der Waals surface area contributed by atoms with E-state index in [0.717, 1.165) is 61.6 Å². The fraction of sp³-hybridized carbons (Fsp3) is 0.0323. The Hall–Kier alpha value is -9.00. The van der Waals surface area contributed by atoms with Crippen molar-refractivity contribution in [2.75, 3.05) is 0 Å². The molecule has 11 aromatic rings. The molecule has 0 saturated carbocycles. The van der Waals surface area contributed by atoms with E-state index in [2.05, 4.69) is 157 Å². The summed E-state index contributed by atoms with van der Waals surface area (Å²) in [6.07, 6.45) is 1.82. The molecule has 0 spiro atoms. The van der Waals surface area contributed by atoms with Gasteiger partial charge in [0.2, 0.25) is 0 Å². The van der Waals surface area contributed by atoms with Crippen LogP contribution in [-0.4, -0.2) is 29.9 Å². The second-order valence-corrected chi connectivity index (χ2v) is 17.4. The summed E-state index contributed by atoms with van der Waals surface area (Å²) in [4.78, 5) is 30.0. The minimum absolute atomic E-state index is 0.0689. The summed E-state index contributed by atoms with van der Waals surface area (Å²) in [5.74, 6) is 2.81. The molecule has 0 saturated heterocycles. The van der Waals surface area contributed by atoms with Crippen LogP contribution in [0.3, 0.4) is 0 Å². The largest absolute Gasteiger partial charge is 0.256 e. The molecule has 3 aliphatic rings. The molecule has 2 atom stereocenters. The maximum atomic E-state index is 5.19. The first-order valence-electron chi connectivity index (χ1n) is 23.0. The zero-order chi connectivity index (χ0) is 45.0. The molecule has 0 radical (unpaired) electrons. The average Bonchev–Trinajstić information content (AvgIpc) is 3.43. The number of rotatable bonds is 8. The van der Waals surface area contributed by atoms with Crippen molar-refractivity contribution in [3.63, 3.8) is 0 Å². The van der Waals surface area contributed by atoms with E-state index in [4.69, 9.17) is 24.9 Å². The molecule has 3 aliphatic carbocycles. The number of hydrogen-bond acceptors (Lipinski definition) is 6. The number of pyridine rings is 1. The Morgan fingerprint density at radius 3 is 1.18 bits per heavy atom. The highest BCUT2D eigenvalue weighted by atomic mass is 15.0. The van der Waals surface area contributed by atoms with Gasteiger partial charge in [0, 0.05) is 57.0 Å². The van der Waals surface area contributed by atoms with Crippen LogP contribution < -0.4 is 0 Å². The van der Waals surface area contributed by atoms with E-state index in [1.54, 1.807) is 0 Å². The Morgan fingerprint density at radius 2 is 0.618 bits per heavy atom. The lowest BCUT2D eigenvalue weighted by atomic mass is 9.60. The fourth-order valence-corrected chi connectivity index (χ4v) is 10.1. The summed E-state index contributed by atoms with van der Waals surface area (Å²) in [5, 5.41) is 0. The van der Waals surface area contributed by atoms with E-state index in [1.807, 2.05) is 79.0 Å². The van der Waals surface area contributed by atoms with Gasteiger partial charge in [-0.3, -0.25) is 4.98 Å². The van der Waals surface area contributed by atoms with Crippen LogP contribution >= 0.6 is 0 Å². The maximum absolute atomic E-state index is 5.19. The van der Waals surface area contributed by atoms with Gasteiger partial charge >= 0.3 is 0 Å². The van der Waals surface area contributed by atoms with E-state index in [-0.39, 0.29) is 11.8 Å². The van der Waals surface area contributed by atoms with Crippen LogP contribution in [0.1, 0.15) is 45.2 Å². The molecular weight excluding hydrogens is 829 g/mol. The topological polar surface area (TPSA) is 77.3 Å². The van der Waals surface area contributed by atoms with E-state index in [0.29, 0.717) is 23.3 Å². The van der Waals surface area contributed by atoms with Gasteiger partial charge in [-0.25, -0.2) is 24.9 Å². The molecule has 3 heterocycles. The van der Waals surface area contributed by atoms with Crippen LogP contribution in [-0.2, 0) is 0 Å². The van der Waals surface area contributed by atoms with Gasteiger partial charge in [0.1, 0.15) is 0 Å². The predicted octanol–water partition coefficient (Wildman–Crippen LogP) is 14.4. The van der Waals surface area contributed by atoms with Crippen molar-refractivity contribution in [1.82, 2.24) is 29.9 Å². The van der Waals surface area contributed by atoms with Crippen LogP contribution in [0.4, 0.5) is 0 Å². The molecule has 2 bridgehead atoms. The Bertz CT molecular complexity index is 3610. The lowest BCUT2D eigenvalue weighted by Crippen LogP contribution is -2.27. The Morgan fingerprint density at radius 1 is 0.221 bits per heavy atom.